The molecule has 0 atom stereocenters. The molecule has 0 amide bonds. The van der Waals surface area contributed by atoms with Crippen LogP contribution in [-0.4, -0.2) is 11.3 Å². The van der Waals surface area contributed by atoms with Crippen LogP contribution >= 0.6 is 0 Å². The second kappa shape index (κ2) is 4.18. The maximum Gasteiger partial charge on any atom is 0.573 e. The summed E-state index contributed by atoms with van der Waals surface area (Å²) in [6.45, 7) is 0.896. The van der Waals surface area contributed by atoms with Gasteiger partial charge in [0, 0.05) is 5.56 Å². The number of halogens is 6. The van der Waals surface area contributed by atoms with Gasteiger partial charge in [0.15, 0.2) is 11.6 Å². The van der Waals surface area contributed by atoms with Crippen LogP contribution in [0, 0.1) is 12.7 Å². The fraction of sp³-hybridized carbons (Fsp3) is 0.375. The summed E-state index contributed by atoms with van der Waals surface area (Å²) in [5.41, 5.74) is -1.58. The Labute approximate surface area is 85.9 Å². The van der Waals surface area contributed by atoms with Crippen LogP contribution in [0.2, 0.25) is 0 Å². The summed E-state index contributed by atoms with van der Waals surface area (Å²) in [4.78, 5) is 3.01. The van der Waals surface area contributed by atoms with Crippen LogP contribution in [-0.2, 0) is 0 Å². The van der Waals surface area contributed by atoms with E-state index in [0.717, 1.165) is 6.92 Å². The first-order chi connectivity index (χ1) is 7.22. The van der Waals surface area contributed by atoms with E-state index in [1.54, 1.807) is 0 Å². The number of ether oxygens (including phenoxy) is 1. The van der Waals surface area contributed by atoms with Crippen LogP contribution in [0.5, 0.6) is 5.75 Å². The minimum absolute atomic E-state index is 0.275. The Morgan fingerprint density at radius 1 is 1.31 bits per heavy atom. The molecule has 0 fully saturated rings. The van der Waals surface area contributed by atoms with Gasteiger partial charge in [0.1, 0.15) is 5.69 Å². The lowest BCUT2D eigenvalue weighted by Crippen LogP contribution is -2.18. The van der Waals surface area contributed by atoms with Crippen LogP contribution in [0.4, 0.5) is 26.3 Å². The van der Waals surface area contributed by atoms with E-state index < -0.39 is 35.6 Å². The highest BCUT2D eigenvalue weighted by Gasteiger charge is 2.33. The van der Waals surface area contributed by atoms with E-state index in [0.29, 0.717) is 0 Å². The van der Waals surface area contributed by atoms with Crippen LogP contribution in [0.3, 0.4) is 0 Å². The Kier molecular flexibility index (Phi) is 3.30. The van der Waals surface area contributed by atoms with Gasteiger partial charge >= 0.3 is 6.36 Å². The molecule has 1 aromatic heterocycles. The highest BCUT2D eigenvalue weighted by molar-refractivity contribution is 5.31. The number of pyridine rings is 1. The van der Waals surface area contributed by atoms with E-state index in [1.165, 1.54) is 0 Å². The SMILES string of the molecule is Cc1c(C(F)F)ncc(OC(F)(F)F)c1F. The third kappa shape index (κ3) is 2.77. The highest BCUT2D eigenvalue weighted by Crippen LogP contribution is 2.30. The first-order valence-electron chi connectivity index (χ1n) is 3.91. The third-order valence-corrected chi connectivity index (χ3v) is 1.68. The zero-order valence-corrected chi connectivity index (χ0v) is 7.78. The van der Waals surface area contributed by atoms with Crippen molar-refractivity contribution in [1.82, 2.24) is 4.98 Å². The van der Waals surface area contributed by atoms with E-state index >= 15 is 0 Å². The van der Waals surface area contributed by atoms with Crippen molar-refractivity contribution in [3.8, 4) is 5.75 Å². The predicted octanol–water partition coefficient (Wildman–Crippen LogP) is 3.37. The van der Waals surface area contributed by atoms with Crippen molar-refractivity contribution in [3.05, 3.63) is 23.3 Å². The molecule has 16 heavy (non-hydrogen) atoms. The average molecular weight is 245 g/mol. The number of aromatic nitrogens is 1. The topological polar surface area (TPSA) is 22.1 Å². The molecule has 1 heterocycles. The lowest BCUT2D eigenvalue weighted by molar-refractivity contribution is -0.275. The molecule has 0 N–H and O–H groups in total. The Morgan fingerprint density at radius 2 is 1.88 bits per heavy atom. The van der Waals surface area contributed by atoms with Crippen molar-refractivity contribution in [1.29, 1.82) is 0 Å². The number of rotatable bonds is 2. The standard InChI is InChI=1S/C8H5F6NO/c1-3-5(9)4(16-8(12,13)14)2-15-6(3)7(10)11/h2,7H,1H3. The van der Waals surface area contributed by atoms with Crippen molar-refractivity contribution < 1.29 is 31.1 Å². The molecule has 90 valence electrons. The van der Waals surface area contributed by atoms with Gasteiger partial charge < -0.3 is 4.74 Å². The third-order valence-electron chi connectivity index (χ3n) is 1.68. The molecule has 0 spiro atoms. The molecule has 0 aliphatic heterocycles. The van der Waals surface area contributed by atoms with E-state index in [-0.39, 0.29) is 6.20 Å². The molecule has 2 nitrogen and oxygen atoms in total. The summed E-state index contributed by atoms with van der Waals surface area (Å²) < 4.78 is 76.0. The van der Waals surface area contributed by atoms with E-state index in [4.69, 9.17) is 0 Å². The molecular weight excluding hydrogens is 240 g/mol. The maximum absolute atomic E-state index is 13.2. The molecule has 0 unspecified atom stereocenters. The van der Waals surface area contributed by atoms with Gasteiger partial charge in [-0.15, -0.1) is 13.2 Å². The van der Waals surface area contributed by atoms with Crippen molar-refractivity contribution in [3.63, 3.8) is 0 Å². The summed E-state index contributed by atoms with van der Waals surface area (Å²) in [5.74, 6) is -2.72. The Hall–Kier alpha value is -1.47. The molecule has 1 aromatic rings. The van der Waals surface area contributed by atoms with Crippen molar-refractivity contribution in [2.24, 2.45) is 0 Å². The maximum atomic E-state index is 13.2. The van der Waals surface area contributed by atoms with Gasteiger partial charge in [-0.2, -0.15) is 0 Å². The molecule has 0 aliphatic rings. The summed E-state index contributed by atoms with van der Waals surface area (Å²) in [6.07, 6.45) is -7.88. The van der Waals surface area contributed by atoms with Gasteiger partial charge in [0.25, 0.3) is 6.43 Å². The van der Waals surface area contributed by atoms with Crippen molar-refractivity contribution >= 4 is 0 Å². The van der Waals surface area contributed by atoms with Crippen LogP contribution in [0.1, 0.15) is 17.7 Å². The molecule has 8 heteroatoms. The second-order valence-electron chi connectivity index (χ2n) is 2.80. The second-order valence-corrected chi connectivity index (χ2v) is 2.80. The Morgan fingerprint density at radius 3 is 2.31 bits per heavy atom. The average Bonchev–Trinajstić information content (AvgIpc) is 2.10. The van der Waals surface area contributed by atoms with Gasteiger partial charge in [-0.05, 0) is 6.92 Å². The minimum atomic E-state index is -5.10. The summed E-state index contributed by atoms with van der Waals surface area (Å²) in [6, 6.07) is 0. The first kappa shape index (κ1) is 12.6. The molecule has 0 saturated heterocycles. The molecule has 0 aromatic carbocycles. The van der Waals surface area contributed by atoms with Crippen molar-refractivity contribution in [2.45, 2.75) is 19.7 Å². The monoisotopic (exact) mass is 245 g/mol. The molecule has 0 saturated carbocycles. The normalized spacial score (nSPS) is 12.0. The zero-order chi connectivity index (χ0) is 12.5. The first-order valence-corrected chi connectivity index (χ1v) is 3.91. The molecule has 1 rings (SSSR count). The van der Waals surface area contributed by atoms with Crippen LogP contribution in [0.15, 0.2) is 6.20 Å². The van der Waals surface area contributed by atoms with E-state index in [2.05, 4.69) is 9.72 Å². The fourth-order valence-electron chi connectivity index (χ4n) is 0.995. The molecule has 0 bridgehead atoms. The number of alkyl halides is 5. The smallest absolute Gasteiger partial charge is 0.401 e. The quantitative estimate of drug-likeness (QED) is 0.745. The van der Waals surface area contributed by atoms with Gasteiger partial charge in [-0.25, -0.2) is 13.2 Å². The lowest BCUT2D eigenvalue weighted by atomic mass is 10.2. The Bertz CT molecular complexity index is 389. The fourth-order valence-corrected chi connectivity index (χ4v) is 0.995. The Balaban J connectivity index is 3.12. The summed E-state index contributed by atoms with van der Waals surface area (Å²) in [5, 5.41) is 0. The van der Waals surface area contributed by atoms with Crippen LogP contribution in [0.25, 0.3) is 0 Å². The number of nitrogens with zero attached hydrogens (tertiary/aromatic N) is 1. The highest BCUT2D eigenvalue weighted by atomic mass is 19.4. The van der Waals surface area contributed by atoms with Gasteiger partial charge in [0.05, 0.1) is 6.20 Å². The molecule has 0 radical (unpaired) electrons. The summed E-state index contributed by atoms with van der Waals surface area (Å²) in [7, 11) is 0. The molecule has 0 aliphatic carbocycles. The predicted molar refractivity (Wildman–Crippen MR) is 40.6 cm³/mol. The van der Waals surface area contributed by atoms with Crippen LogP contribution < -0.4 is 4.74 Å². The minimum Gasteiger partial charge on any atom is -0.401 e. The molecular formula is C8H5F6NO. The van der Waals surface area contributed by atoms with Gasteiger partial charge in [-0.3, -0.25) is 4.98 Å². The number of hydrogen-bond donors (Lipinski definition) is 0. The lowest BCUT2D eigenvalue weighted by Gasteiger charge is -2.12. The van der Waals surface area contributed by atoms with Crippen molar-refractivity contribution in [2.75, 3.05) is 0 Å². The van der Waals surface area contributed by atoms with Gasteiger partial charge in [0.2, 0.25) is 0 Å². The summed E-state index contributed by atoms with van der Waals surface area (Å²) >= 11 is 0. The zero-order valence-electron chi connectivity index (χ0n) is 7.78. The number of hydrogen-bond acceptors (Lipinski definition) is 2. The largest absolute Gasteiger partial charge is 0.573 e. The van der Waals surface area contributed by atoms with Gasteiger partial charge in [-0.1, -0.05) is 0 Å². The van der Waals surface area contributed by atoms with E-state index in [1.807, 2.05) is 0 Å². The van der Waals surface area contributed by atoms with E-state index in [9.17, 15) is 26.3 Å².